The average Bonchev–Trinajstić information content (AvgIpc) is 2.72. The molecule has 2 rings (SSSR count). The molecule has 0 aliphatic heterocycles. The van der Waals surface area contributed by atoms with E-state index in [0.717, 1.165) is 17.9 Å². The molecular weight excluding hydrogens is 176 g/mol. The lowest BCUT2D eigenvalue weighted by molar-refractivity contribution is 0.572. The Morgan fingerprint density at radius 1 is 1.29 bits per heavy atom. The van der Waals surface area contributed by atoms with Crippen molar-refractivity contribution in [3.8, 4) is 11.3 Å². The van der Waals surface area contributed by atoms with E-state index in [1.165, 1.54) is 12.0 Å². The maximum Gasteiger partial charge on any atom is 0.181 e. The molecule has 0 saturated carbocycles. The maximum atomic E-state index is 5.19. The second-order valence-corrected chi connectivity index (χ2v) is 3.09. The number of nitrogens with zero attached hydrogens (tertiary/aromatic N) is 1. The highest BCUT2D eigenvalue weighted by molar-refractivity contribution is 5.56. The van der Waals surface area contributed by atoms with Gasteiger partial charge in [0.1, 0.15) is 0 Å². The fraction of sp³-hybridized carbons (Fsp3) is 0.182. The first kappa shape index (κ1) is 8.97. The van der Waals surface area contributed by atoms with Gasteiger partial charge in [-0.3, -0.25) is 0 Å². The van der Waals surface area contributed by atoms with Crippen LogP contribution < -0.4 is 5.32 Å². The summed E-state index contributed by atoms with van der Waals surface area (Å²) < 4.78 is 5.19. The summed E-state index contributed by atoms with van der Waals surface area (Å²) in [5.41, 5.74) is 2.32. The monoisotopic (exact) mass is 188 g/mol. The van der Waals surface area contributed by atoms with Gasteiger partial charge >= 0.3 is 0 Å². The van der Waals surface area contributed by atoms with Crippen LogP contribution in [0.4, 0.5) is 0 Å². The molecule has 0 spiro atoms. The standard InChI is InChI=1S/C11H12N2O/c1-12-6-9-2-4-10(5-3-9)11-7-13-8-14-11/h2-5,7-8,12H,6H2,1H3. The molecule has 1 N–H and O–H groups in total. The Morgan fingerprint density at radius 3 is 2.64 bits per heavy atom. The molecule has 1 aromatic heterocycles. The molecule has 0 saturated heterocycles. The first-order chi connectivity index (χ1) is 6.90. The minimum atomic E-state index is 0.806. The van der Waals surface area contributed by atoms with Crippen LogP contribution >= 0.6 is 0 Å². The van der Waals surface area contributed by atoms with Gasteiger partial charge in [-0.2, -0.15) is 0 Å². The Bertz CT molecular complexity index is 378. The van der Waals surface area contributed by atoms with Crippen molar-refractivity contribution in [2.45, 2.75) is 6.54 Å². The van der Waals surface area contributed by atoms with Crippen LogP contribution in [-0.4, -0.2) is 12.0 Å². The van der Waals surface area contributed by atoms with Gasteiger partial charge in [-0.15, -0.1) is 0 Å². The third kappa shape index (κ3) is 1.83. The van der Waals surface area contributed by atoms with Crippen LogP contribution in [0.15, 0.2) is 41.3 Å². The van der Waals surface area contributed by atoms with Crippen LogP contribution in [0.2, 0.25) is 0 Å². The van der Waals surface area contributed by atoms with Crippen molar-refractivity contribution in [2.75, 3.05) is 7.05 Å². The number of aromatic nitrogens is 1. The normalized spacial score (nSPS) is 10.4. The molecule has 0 bridgehead atoms. The van der Waals surface area contributed by atoms with Crippen LogP contribution in [0, 0.1) is 0 Å². The molecule has 3 heteroatoms. The van der Waals surface area contributed by atoms with E-state index in [4.69, 9.17) is 4.42 Å². The summed E-state index contributed by atoms with van der Waals surface area (Å²) >= 11 is 0. The molecule has 3 nitrogen and oxygen atoms in total. The summed E-state index contributed by atoms with van der Waals surface area (Å²) in [5, 5.41) is 3.10. The van der Waals surface area contributed by atoms with Crippen molar-refractivity contribution in [1.29, 1.82) is 0 Å². The van der Waals surface area contributed by atoms with Crippen LogP contribution in [0.1, 0.15) is 5.56 Å². The van der Waals surface area contributed by atoms with Crippen molar-refractivity contribution in [1.82, 2.24) is 10.3 Å². The lowest BCUT2D eigenvalue weighted by atomic mass is 10.1. The Kier molecular flexibility index (Phi) is 2.60. The van der Waals surface area contributed by atoms with Gasteiger partial charge in [0.15, 0.2) is 12.2 Å². The number of benzene rings is 1. The van der Waals surface area contributed by atoms with E-state index < -0.39 is 0 Å². The first-order valence-corrected chi connectivity index (χ1v) is 4.52. The maximum absolute atomic E-state index is 5.19. The zero-order valence-corrected chi connectivity index (χ0v) is 8.03. The number of hydrogen-bond donors (Lipinski definition) is 1. The van der Waals surface area contributed by atoms with E-state index in [0.29, 0.717) is 0 Å². The zero-order valence-electron chi connectivity index (χ0n) is 8.03. The third-order valence-electron chi connectivity index (χ3n) is 2.05. The summed E-state index contributed by atoms with van der Waals surface area (Å²) in [5.74, 6) is 0.806. The van der Waals surface area contributed by atoms with Crippen molar-refractivity contribution < 1.29 is 4.42 Å². The van der Waals surface area contributed by atoms with Gasteiger partial charge in [0.25, 0.3) is 0 Å². The minimum Gasteiger partial charge on any atom is -0.444 e. The molecule has 2 aromatic rings. The van der Waals surface area contributed by atoms with Crippen LogP contribution in [-0.2, 0) is 6.54 Å². The lowest BCUT2D eigenvalue weighted by Gasteiger charge is -2.00. The van der Waals surface area contributed by atoms with E-state index in [-0.39, 0.29) is 0 Å². The summed E-state index contributed by atoms with van der Waals surface area (Å²) in [6.07, 6.45) is 3.16. The highest BCUT2D eigenvalue weighted by Crippen LogP contribution is 2.18. The molecule has 1 heterocycles. The smallest absolute Gasteiger partial charge is 0.181 e. The predicted octanol–water partition coefficient (Wildman–Crippen LogP) is 2.06. The Hall–Kier alpha value is -1.61. The molecule has 0 aliphatic carbocycles. The highest BCUT2D eigenvalue weighted by Gasteiger charge is 2.00. The quantitative estimate of drug-likeness (QED) is 0.801. The second kappa shape index (κ2) is 4.07. The molecule has 0 aliphatic rings. The number of nitrogens with one attached hydrogen (secondary N) is 1. The molecule has 14 heavy (non-hydrogen) atoms. The minimum absolute atomic E-state index is 0.806. The number of rotatable bonds is 3. The highest BCUT2D eigenvalue weighted by atomic mass is 16.3. The first-order valence-electron chi connectivity index (χ1n) is 4.52. The summed E-state index contributed by atoms with van der Waals surface area (Å²) in [6, 6.07) is 8.23. The van der Waals surface area contributed by atoms with Crippen molar-refractivity contribution in [3.05, 3.63) is 42.4 Å². The van der Waals surface area contributed by atoms with Crippen molar-refractivity contribution >= 4 is 0 Å². The van der Waals surface area contributed by atoms with E-state index in [1.54, 1.807) is 6.20 Å². The van der Waals surface area contributed by atoms with Gasteiger partial charge < -0.3 is 9.73 Å². The zero-order chi connectivity index (χ0) is 9.80. The molecule has 0 radical (unpaired) electrons. The van der Waals surface area contributed by atoms with Gasteiger partial charge in [-0.25, -0.2) is 4.98 Å². The fourth-order valence-corrected chi connectivity index (χ4v) is 1.35. The van der Waals surface area contributed by atoms with Gasteiger partial charge in [0.2, 0.25) is 0 Å². The van der Waals surface area contributed by atoms with Gasteiger partial charge in [0, 0.05) is 12.1 Å². The fourth-order valence-electron chi connectivity index (χ4n) is 1.35. The Labute approximate surface area is 82.8 Å². The van der Waals surface area contributed by atoms with E-state index in [2.05, 4.69) is 22.4 Å². The third-order valence-corrected chi connectivity index (χ3v) is 2.05. The average molecular weight is 188 g/mol. The van der Waals surface area contributed by atoms with E-state index >= 15 is 0 Å². The van der Waals surface area contributed by atoms with Gasteiger partial charge in [-0.1, -0.05) is 24.3 Å². The molecule has 0 atom stereocenters. The van der Waals surface area contributed by atoms with Gasteiger partial charge in [0.05, 0.1) is 6.20 Å². The number of oxazole rings is 1. The molecule has 0 fully saturated rings. The van der Waals surface area contributed by atoms with Crippen LogP contribution in [0.5, 0.6) is 0 Å². The molecule has 72 valence electrons. The molecule has 1 aromatic carbocycles. The largest absolute Gasteiger partial charge is 0.444 e. The second-order valence-electron chi connectivity index (χ2n) is 3.09. The van der Waals surface area contributed by atoms with Crippen LogP contribution in [0.3, 0.4) is 0 Å². The summed E-state index contributed by atoms with van der Waals surface area (Å²) in [7, 11) is 1.93. The molecular formula is C11H12N2O. The Morgan fingerprint density at radius 2 is 2.07 bits per heavy atom. The number of hydrogen-bond acceptors (Lipinski definition) is 3. The predicted molar refractivity (Wildman–Crippen MR) is 54.7 cm³/mol. The lowest BCUT2D eigenvalue weighted by Crippen LogP contribution is -2.04. The van der Waals surface area contributed by atoms with Crippen LogP contribution in [0.25, 0.3) is 11.3 Å². The van der Waals surface area contributed by atoms with E-state index in [1.807, 2.05) is 19.2 Å². The van der Waals surface area contributed by atoms with E-state index in [9.17, 15) is 0 Å². The van der Waals surface area contributed by atoms with Gasteiger partial charge in [-0.05, 0) is 12.6 Å². The Balaban J connectivity index is 2.22. The molecule has 0 unspecified atom stereocenters. The topological polar surface area (TPSA) is 38.1 Å². The van der Waals surface area contributed by atoms with Crippen molar-refractivity contribution in [3.63, 3.8) is 0 Å². The van der Waals surface area contributed by atoms with Crippen molar-refractivity contribution in [2.24, 2.45) is 0 Å². The summed E-state index contributed by atoms with van der Waals surface area (Å²) in [4.78, 5) is 3.88. The SMILES string of the molecule is CNCc1ccc(-c2cnco2)cc1. The molecule has 0 amide bonds. The summed E-state index contributed by atoms with van der Waals surface area (Å²) in [6.45, 7) is 0.886.